The topological polar surface area (TPSA) is 140 Å². The van der Waals surface area contributed by atoms with Crippen molar-refractivity contribution in [2.75, 3.05) is 0 Å². The van der Waals surface area contributed by atoms with Crippen LogP contribution in [0.3, 0.4) is 0 Å². The smallest absolute Gasteiger partial charge is 0.345 e. The number of carbonyl (C=O) groups excluding carboxylic acids is 2. The van der Waals surface area contributed by atoms with Crippen LogP contribution in [0.4, 0.5) is 30.7 Å². The summed E-state index contributed by atoms with van der Waals surface area (Å²) in [5.74, 6) is -1.37. The minimum atomic E-state index is -4.56. The Morgan fingerprint density at radius 3 is 2.30 bits per heavy atom. The molecule has 19 heteroatoms. The van der Waals surface area contributed by atoms with Gasteiger partial charge in [0.05, 0.1) is 48.3 Å². The van der Waals surface area contributed by atoms with Crippen molar-refractivity contribution in [2.45, 2.75) is 51.0 Å². The van der Waals surface area contributed by atoms with Crippen LogP contribution in [-0.4, -0.2) is 53.1 Å². The van der Waals surface area contributed by atoms with Gasteiger partial charge in [-0.3, -0.25) is 19.6 Å². The van der Waals surface area contributed by atoms with Crippen LogP contribution in [0.5, 0.6) is 0 Å². The molecule has 0 saturated heterocycles. The molecule has 4 aromatic rings. The number of amides is 2. The van der Waals surface area contributed by atoms with Gasteiger partial charge >= 0.3 is 12.4 Å². The van der Waals surface area contributed by atoms with Crippen LogP contribution in [0, 0.1) is 0 Å². The highest BCUT2D eigenvalue weighted by atomic mass is 32.1. The van der Waals surface area contributed by atoms with Crippen LogP contribution in [0.2, 0.25) is 0 Å². The summed E-state index contributed by atoms with van der Waals surface area (Å²) in [6.45, 7) is -0.699. The van der Waals surface area contributed by atoms with Crippen molar-refractivity contribution < 1.29 is 40.3 Å². The molecule has 0 spiro atoms. The van der Waals surface area contributed by atoms with Crippen molar-refractivity contribution in [2.24, 2.45) is 0 Å². The molecule has 1 atom stereocenters. The van der Waals surface area contributed by atoms with Crippen molar-refractivity contribution in [3.63, 3.8) is 0 Å². The molecular formula is C24H20F7N9O2S. The zero-order valence-corrected chi connectivity index (χ0v) is 22.5. The molecule has 43 heavy (non-hydrogen) atoms. The number of carbonyl (C=O) groups is 2. The molecule has 0 aliphatic heterocycles. The first-order valence-electron chi connectivity index (χ1n) is 12.2. The number of pyridine rings is 2. The van der Waals surface area contributed by atoms with Crippen molar-refractivity contribution in [3.05, 3.63) is 81.1 Å². The highest BCUT2D eigenvalue weighted by Crippen LogP contribution is 2.29. The lowest BCUT2D eigenvalue weighted by atomic mass is 10.2. The van der Waals surface area contributed by atoms with Crippen molar-refractivity contribution in [1.29, 1.82) is 0 Å². The summed E-state index contributed by atoms with van der Waals surface area (Å²) in [5.41, 5.74) is -1.82. The van der Waals surface area contributed by atoms with E-state index in [1.165, 1.54) is 6.20 Å². The van der Waals surface area contributed by atoms with E-state index in [2.05, 4.69) is 41.1 Å². The number of nitrogens with zero attached hydrogens (tertiary/aromatic N) is 7. The van der Waals surface area contributed by atoms with Crippen LogP contribution < -0.4 is 10.6 Å². The number of aryl methyl sites for hydroxylation is 1. The van der Waals surface area contributed by atoms with Gasteiger partial charge in [-0.25, -0.2) is 9.07 Å². The maximum absolute atomic E-state index is 14.6. The second-order valence-electron chi connectivity index (χ2n) is 8.90. The number of aromatic nitrogens is 7. The van der Waals surface area contributed by atoms with Gasteiger partial charge in [0.1, 0.15) is 11.2 Å². The molecule has 0 radical (unpaired) electrons. The number of rotatable bonds is 11. The summed E-state index contributed by atoms with van der Waals surface area (Å²) in [7, 11) is 0. The van der Waals surface area contributed by atoms with Gasteiger partial charge in [-0.1, -0.05) is 16.6 Å². The molecule has 2 N–H and O–H groups in total. The molecular weight excluding hydrogens is 611 g/mol. The predicted molar refractivity (Wildman–Crippen MR) is 134 cm³/mol. The van der Waals surface area contributed by atoms with E-state index in [1.54, 1.807) is 0 Å². The number of hydrogen-bond donors (Lipinski definition) is 2. The molecule has 0 fully saturated rings. The van der Waals surface area contributed by atoms with Gasteiger partial charge < -0.3 is 10.6 Å². The summed E-state index contributed by atoms with van der Waals surface area (Å²) >= 11 is 0.919. The van der Waals surface area contributed by atoms with E-state index < -0.39 is 41.5 Å². The fourth-order valence-corrected chi connectivity index (χ4v) is 4.24. The summed E-state index contributed by atoms with van der Waals surface area (Å²) in [6.07, 6.45) is -7.62. The minimum Gasteiger partial charge on any atom is -0.345 e. The van der Waals surface area contributed by atoms with E-state index in [9.17, 15) is 40.3 Å². The lowest BCUT2D eigenvalue weighted by molar-refractivity contribution is -0.138. The van der Waals surface area contributed by atoms with Crippen molar-refractivity contribution >= 4 is 23.2 Å². The van der Waals surface area contributed by atoms with Gasteiger partial charge in [0, 0.05) is 18.8 Å². The van der Waals surface area contributed by atoms with Gasteiger partial charge in [-0.05, 0) is 30.7 Å². The Hall–Kier alpha value is -4.55. The normalized spacial score (nSPS) is 12.6. The lowest BCUT2D eigenvalue weighted by Crippen LogP contribution is -2.24. The van der Waals surface area contributed by atoms with Gasteiger partial charge in [0.25, 0.3) is 11.8 Å². The molecule has 1 unspecified atom stereocenters. The zero-order valence-electron chi connectivity index (χ0n) is 21.7. The van der Waals surface area contributed by atoms with E-state index in [-0.39, 0.29) is 54.6 Å². The molecule has 0 bridgehead atoms. The Morgan fingerprint density at radius 1 is 0.884 bits per heavy atom. The monoisotopic (exact) mass is 631 g/mol. The Labute approximate surface area is 241 Å². The maximum Gasteiger partial charge on any atom is 0.417 e. The van der Waals surface area contributed by atoms with Gasteiger partial charge in [0.15, 0.2) is 5.69 Å². The molecule has 0 aliphatic rings. The average Bonchev–Trinajstić information content (AvgIpc) is 3.63. The largest absolute Gasteiger partial charge is 0.417 e. The van der Waals surface area contributed by atoms with Crippen LogP contribution >= 0.6 is 11.3 Å². The molecule has 0 aromatic carbocycles. The average molecular weight is 632 g/mol. The third kappa shape index (κ3) is 8.97. The quantitative estimate of drug-likeness (QED) is 0.239. The van der Waals surface area contributed by atoms with Crippen LogP contribution in [0.15, 0.2) is 42.9 Å². The van der Waals surface area contributed by atoms with Crippen LogP contribution in [0.25, 0.3) is 0 Å². The Morgan fingerprint density at radius 2 is 1.60 bits per heavy atom. The molecule has 2 amide bonds. The van der Waals surface area contributed by atoms with Crippen LogP contribution in [0.1, 0.15) is 54.2 Å². The van der Waals surface area contributed by atoms with Crippen molar-refractivity contribution in [1.82, 2.24) is 45.8 Å². The first kappa shape index (κ1) is 31.4. The van der Waals surface area contributed by atoms with E-state index >= 15 is 0 Å². The molecule has 228 valence electrons. The lowest BCUT2D eigenvalue weighted by Gasteiger charge is -2.08. The standard InChI is InChI=1S/C24H20F7N9O2S/c25-15(11-40-12-18(36-39-40)20(41)34-10-17-7-13(5-6-32-17)23(26,27)28)2-4-19-37-38-22(43-19)21(42)35-9-16-3-1-14(8-33-16)24(29,30)31/h1,3,5-8,12,15H,2,4,9-11H2,(H,34,41)(H,35,42). The Kier molecular flexibility index (Phi) is 9.62. The molecule has 0 aliphatic carbocycles. The number of nitrogens with one attached hydrogen (secondary N) is 2. The van der Waals surface area contributed by atoms with E-state index in [0.29, 0.717) is 11.2 Å². The Balaban J connectivity index is 1.20. The summed E-state index contributed by atoms with van der Waals surface area (Å²) in [6, 6.07) is 3.60. The molecule has 4 heterocycles. The fraction of sp³-hybridized carbons (Fsp3) is 0.333. The molecule has 4 aromatic heterocycles. The second-order valence-corrected chi connectivity index (χ2v) is 9.96. The molecule has 11 nitrogen and oxygen atoms in total. The van der Waals surface area contributed by atoms with E-state index in [4.69, 9.17) is 0 Å². The molecule has 0 saturated carbocycles. The molecule has 4 rings (SSSR count). The first-order valence-corrected chi connectivity index (χ1v) is 13.1. The zero-order chi connectivity index (χ0) is 31.2. The van der Waals surface area contributed by atoms with E-state index in [0.717, 1.165) is 46.5 Å². The summed E-state index contributed by atoms with van der Waals surface area (Å²) in [4.78, 5) is 32.0. The van der Waals surface area contributed by atoms with Gasteiger partial charge in [0.2, 0.25) is 5.01 Å². The fourth-order valence-electron chi connectivity index (χ4n) is 3.47. The van der Waals surface area contributed by atoms with Gasteiger partial charge in [-0.15, -0.1) is 15.3 Å². The van der Waals surface area contributed by atoms with E-state index in [1.807, 2.05) is 0 Å². The highest BCUT2D eigenvalue weighted by molar-refractivity contribution is 7.13. The highest BCUT2D eigenvalue weighted by Gasteiger charge is 2.31. The predicted octanol–water partition coefficient (Wildman–Crippen LogP) is 3.79. The number of halogens is 7. The summed E-state index contributed by atoms with van der Waals surface area (Å²) < 4.78 is 92.0. The van der Waals surface area contributed by atoms with Gasteiger partial charge in [-0.2, -0.15) is 26.3 Å². The third-order valence-corrected chi connectivity index (χ3v) is 6.63. The third-order valence-electron chi connectivity index (χ3n) is 5.65. The summed E-state index contributed by atoms with van der Waals surface area (Å²) in [5, 5.41) is 20.1. The van der Waals surface area contributed by atoms with Crippen LogP contribution in [-0.2, 0) is 38.4 Å². The Bertz CT molecular complexity index is 1560. The minimum absolute atomic E-state index is 0.0205. The second kappa shape index (κ2) is 13.2. The number of hydrogen-bond acceptors (Lipinski definition) is 9. The SMILES string of the molecule is O=C(NCc1cc(C(F)(F)F)ccn1)c1cn(CC(F)CCc2nnc(C(=O)NCc3ccc(C(F)(F)F)cn3)s2)nn1. The maximum atomic E-state index is 14.6. The number of alkyl halides is 7. The van der Waals surface area contributed by atoms with Crippen molar-refractivity contribution in [3.8, 4) is 0 Å². The first-order chi connectivity index (χ1) is 20.3.